The summed E-state index contributed by atoms with van der Waals surface area (Å²) in [6.45, 7) is 0.782. The number of carbonyl (C=O) groups is 2. The molecule has 0 aliphatic carbocycles. The van der Waals surface area contributed by atoms with Crippen molar-refractivity contribution < 1.29 is 45.7 Å². The van der Waals surface area contributed by atoms with Crippen LogP contribution in [-0.4, -0.2) is 36.8 Å². The number of aromatic nitrogens is 2. The summed E-state index contributed by atoms with van der Waals surface area (Å²) in [6, 6.07) is 8.14. The molecular formula is C17H12N3NaO3S. The Balaban J connectivity index is 0.000000980. The van der Waals surface area contributed by atoms with Crippen molar-refractivity contribution in [3.63, 3.8) is 0 Å². The van der Waals surface area contributed by atoms with Crippen molar-refractivity contribution in [3.8, 4) is 11.4 Å². The van der Waals surface area contributed by atoms with Gasteiger partial charge < -0.3 is 11.1 Å². The van der Waals surface area contributed by atoms with Gasteiger partial charge in [-0.1, -0.05) is 24.3 Å². The van der Waals surface area contributed by atoms with Crippen molar-refractivity contribution in [2.45, 2.75) is 11.9 Å². The van der Waals surface area contributed by atoms with Gasteiger partial charge in [0.05, 0.1) is 11.3 Å². The fourth-order valence-electron chi connectivity index (χ4n) is 3.33. The van der Waals surface area contributed by atoms with Gasteiger partial charge in [0.1, 0.15) is 16.9 Å². The number of amides is 1. The van der Waals surface area contributed by atoms with E-state index in [4.69, 9.17) is 5.11 Å². The van der Waals surface area contributed by atoms with Crippen molar-refractivity contribution >= 4 is 29.7 Å². The molecule has 0 saturated carbocycles. The summed E-state index contributed by atoms with van der Waals surface area (Å²) < 4.78 is 2.07. The SMILES string of the molecule is O=C(O)C1=CSC2/C(=C\c3cn4c(n3)-c3ccccc3C4)C(=O)N12.[H-].[Na+]. The maximum atomic E-state index is 12.2. The molecule has 5 rings (SSSR count). The van der Waals surface area contributed by atoms with Crippen LogP contribution in [0.4, 0.5) is 0 Å². The van der Waals surface area contributed by atoms with Crippen LogP contribution in [0, 0.1) is 0 Å². The number of imidazole rings is 1. The number of nitrogens with zero attached hydrogens (tertiary/aromatic N) is 3. The first kappa shape index (κ1) is 16.7. The van der Waals surface area contributed by atoms with E-state index in [1.807, 2.05) is 24.4 Å². The molecule has 1 amide bonds. The number of fused-ring (bicyclic) bond motifs is 4. The average Bonchev–Trinajstić information content (AvgIpc) is 3.22. The smallest absolute Gasteiger partial charge is 1.00 e. The second-order valence-corrected chi connectivity index (χ2v) is 6.80. The number of β-lactam (4-membered cyclic amide) rings is 1. The quantitative estimate of drug-likeness (QED) is 0.369. The van der Waals surface area contributed by atoms with Gasteiger partial charge in [-0.25, -0.2) is 9.78 Å². The summed E-state index contributed by atoms with van der Waals surface area (Å²) in [4.78, 5) is 29.3. The van der Waals surface area contributed by atoms with E-state index in [-0.39, 0.29) is 48.0 Å². The summed E-state index contributed by atoms with van der Waals surface area (Å²) in [5.41, 5.74) is 3.73. The van der Waals surface area contributed by atoms with Gasteiger partial charge in [0.25, 0.3) is 5.91 Å². The second kappa shape index (κ2) is 5.88. The molecular weight excluding hydrogens is 349 g/mol. The normalized spacial score (nSPS) is 21.2. The Kier molecular flexibility index (Phi) is 3.92. The number of carbonyl (C=O) groups excluding carboxylic acids is 1. The number of carboxylic acids is 1. The minimum atomic E-state index is -1.07. The zero-order valence-corrected chi connectivity index (χ0v) is 16.2. The molecule has 1 N–H and O–H groups in total. The predicted octanol–water partition coefficient (Wildman–Crippen LogP) is -0.747. The molecule has 4 heterocycles. The number of rotatable bonds is 2. The van der Waals surface area contributed by atoms with Crippen molar-refractivity contribution in [2.75, 3.05) is 0 Å². The average molecular weight is 361 g/mol. The minimum absolute atomic E-state index is 0. The fraction of sp³-hybridized carbons (Fsp3) is 0.118. The third kappa shape index (κ3) is 2.34. The molecule has 2 aromatic rings. The Morgan fingerprint density at radius 2 is 2.20 bits per heavy atom. The molecule has 1 saturated heterocycles. The Morgan fingerprint density at radius 3 is 3.00 bits per heavy atom. The Bertz CT molecular complexity index is 1000. The first-order chi connectivity index (χ1) is 11.6. The maximum Gasteiger partial charge on any atom is 1.00 e. The topological polar surface area (TPSA) is 75.4 Å². The van der Waals surface area contributed by atoms with Crippen LogP contribution >= 0.6 is 11.8 Å². The zero-order valence-electron chi connectivity index (χ0n) is 14.3. The first-order valence-electron chi connectivity index (χ1n) is 7.43. The molecule has 6 nitrogen and oxygen atoms in total. The molecule has 0 bridgehead atoms. The van der Waals surface area contributed by atoms with E-state index >= 15 is 0 Å². The van der Waals surface area contributed by atoms with Crippen molar-refractivity contribution in [3.05, 3.63) is 58.4 Å². The van der Waals surface area contributed by atoms with Crippen LogP contribution in [0.2, 0.25) is 0 Å². The molecule has 1 aromatic heterocycles. The number of thioether (sulfide) groups is 1. The predicted molar refractivity (Wildman–Crippen MR) is 89.8 cm³/mol. The summed E-state index contributed by atoms with van der Waals surface area (Å²) in [5.74, 6) is -0.424. The van der Waals surface area contributed by atoms with Gasteiger partial charge in [-0.2, -0.15) is 0 Å². The van der Waals surface area contributed by atoms with Gasteiger partial charge in [0.2, 0.25) is 0 Å². The van der Waals surface area contributed by atoms with E-state index in [0.29, 0.717) is 5.57 Å². The molecule has 1 unspecified atom stereocenters. The largest absolute Gasteiger partial charge is 1.00 e. The molecule has 0 spiro atoms. The first-order valence-corrected chi connectivity index (χ1v) is 8.37. The molecule has 120 valence electrons. The summed E-state index contributed by atoms with van der Waals surface area (Å²) >= 11 is 1.34. The van der Waals surface area contributed by atoms with Crippen LogP contribution in [0.1, 0.15) is 12.7 Å². The minimum Gasteiger partial charge on any atom is -1.00 e. The summed E-state index contributed by atoms with van der Waals surface area (Å²) in [5, 5.41) is 10.4. The van der Waals surface area contributed by atoms with Crippen LogP contribution in [-0.2, 0) is 16.1 Å². The fourth-order valence-corrected chi connectivity index (χ4v) is 4.45. The Hall–Kier alpha value is -1.80. The molecule has 3 aliphatic heterocycles. The van der Waals surface area contributed by atoms with E-state index in [9.17, 15) is 9.59 Å². The van der Waals surface area contributed by atoms with Gasteiger partial charge in [0.15, 0.2) is 0 Å². The molecule has 1 aromatic carbocycles. The monoisotopic (exact) mass is 361 g/mol. The van der Waals surface area contributed by atoms with Crippen molar-refractivity contribution in [1.82, 2.24) is 14.5 Å². The van der Waals surface area contributed by atoms with E-state index in [2.05, 4.69) is 15.6 Å². The van der Waals surface area contributed by atoms with Gasteiger partial charge in [-0.3, -0.25) is 9.69 Å². The Morgan fingerprint density at radius 1 is 1.40 bits per heavy atom. The van der Waals surface area contributed by atoms with E-state index < -0.39 is 5.97 Å². The van der Waals surface area contributed by atoms with E-state index in [0.717, 1.165) is 23.6 Å². The zero-order chi connectivity index (χ0) is 16.4. The Labute approximate surface area is 171 Å². The van der Waals surface area contributed by atoms with E-state index in [1.165, 1.54) is 27.6 Å². The molecule has 1 atom stereocenters. The van der Waals surface area contributed by atoms with Crippen LogP contribution in [0.3, 0.4) is 0 Å². The van der Waals surface area contributed by atoms with Gasteiger partial charge in [-0.15, -0.1) is 11.8 Å². The van der Waals surface area contributed by atoms with Crippen molar-refractivity contribution in [2.24, 2.45) is 0 Å². The number of hydrogen-bond acceptors (Lipinski definition) is 4. The third-order valence-electron chi connectivity index (χ3n) is 4.45. The molecule has 3 aliphatic rings. The number of hydrogen-bond donors (Lipinski definition) is 1. The summed E-state index contributed by atoms with van der Waals surface area (Å²) in [6.07, 6.45) is 3.70. The van der Waals surface area contributed by atoms with Gasteiger partial charge in [-0.05, 0) is 11.6 Å². The van der Waals surface area contributed by atoms with Gasteiger partial charge >= 0.3 is 35.5 Å². The summed E-state index contributed by atoms with van der Waals surface area (Å²) in [7, 11) is 0. The number of benzene rings is 1. The number of carboxylic acid groups (broad SMARTS) is 1. The molecule has 0 radical (unpaired) electrons. The van der Waals surface area contributed by atoms with E-state index in [1.54, 1.807) is 6.08 Å². The standard InChI is InChI=1S/C17H11N3O3S.Na.H/c21-15-12(16-20(15)13(8-24-16)17(22)23)5-10-7-19-6-9-3-1-2-4-11(9)14(19)18-10;;/h1-5,7-8,16H,6H2,(H,22,23);;/q;+1;-1/b12-5-;;. The van der Waals surface area contributed by atoms with Crippen molar-refractivity contribution in [1.29, 1.82) is 0 Å². The number of aliphatic carboxylic acids is 1. The van der Waals surface area contributed by atoms with Crippen LogP contribution in [0.15, 0.2) is 47.1 Å². The third-order valence-corrected chi connectivity index (χ3v) is 5.53. The van der Waals surface area contributed by atoms with Crippen LogP contribution in [0.25, 0.3) is 17.5 Å². The van der Waals surface area contributed by atoms with Crippen LogP contribution < -0.4 is 29.6 Å². The van der Waals surface area contributed by atoms with Crippen LogP contribution in [0.5, 0.6) is 0 Å². The molecule has 1 fully saturated rings. The molecule has 25 heavy (non-hydrogen) atoms. The maximum absolute atomic E-state index is 12.2. The molecule has 8 heteroatoms. The van der Waals surface area contributed by atoms with Gasteiger partial charge in [0, 0.05) is 23.7 Å². The second-order valence-electron chi connectivity index (χ2n) is 5.85.